The highest BCUT2D eigenvalue weighted by Gasteiger charge is 2.16. The summed E-state index contributed by atoms with van der Waals surface area (Å²) in [5.41, 5.74) is 13.7. The highest BCUT2D eigenvalue weighted by atomic mass is 16.3. The van der Waals surface area contributed by atoms with Gasteiger partial charge in [-0.3, -0.25) is 0 Å². The first-order valence-corrected chi connectivity index (χ1v) is 17.9. The highest BCUT2D eigenvalue weighted by Crippen LogP contribution is 2.41. The molecular formula is C50H32N2O. The van der Waals surface area contributed by atoms with E-state index in [1.54, 1.807) is 0 Å². The van der Waals surface area contributed by atoms with Gasteiger partial charge in [-0.15, -0.1) is 0 Å². The zero-order valence-corrected chi connectivity index (χ0v) is 28.8. The Hall–Kier alpha value is -7.10. The average Bonchev–Trinajstić information content (AvgIpc) is 3.62. The Morgan fingerprint density at radius 1 is 0.302 bits per heavy atom. The lowest BCUT2D eigenvalue weighted by Gasteiger charge is -2.10. The van der Waals surface area contributed by atoms with Crippen molar-refractivity contribution in [1.82, 2.24) is 9.97 Å². The second kappa shape index (κ2) is 12.9. The molecule has 0 amide bonds. The van der Waals surface area contributed by atoms with E-state index in [0.29, 0.717) is 5.82 Å². The van der Waals surface area contributed by atoms with Crippen molar-refractivity contribution in [2.75, 3.05) is 0 Å². The summed E-state index contributed by atoms with van der Waals surface area (Å²) in [4.78, 5) is 9.97. The number of aromatic nitrogens is 2. The van der Waals surface area contributed by atoms with Gasteiger partial charge in [0, 0.05) is 32.8 Å². The lowest BCUT2D eigenvalue weighted by Crippen LogP contribution is -1.95. The topological polar surface area (TPSA) is 38.9 Å². The Bertz CT molecular complexity index is 2860. The number of nitrogens with zero attached hydrogens (tertiary/aromatic N) is 2. The van der Waals surface area contributed by atoms with Gasteiger partial charge in [-0.1, -0.05) is 164 Å². The van der Waals surface area contributed by atoms with E-state index in [2.05, 4.69) is 158 Å². The van der Waals surface area contributed by atoms with E-state index in [1.165, 1.54) is 16.5 Å². The third-order valence-corrected chi connectivity index (χ3v) is 10.1. The van der Waals surface area contributed by atoms with Gasteiger partial charge in [0.15, 0.2) is 5.82 Å². The Morgan fingerprint density at radius 3 is 1.51 bits per heavy atom. The van der Waals surface area contributed by atoms with Gasteiger partial charge in [0.05, 0.1) is 11.4 Å². The minimum Gasteiger partial charge on any atom is -0.455 e. The van der Waals surface area contributed by atoms with Crippen LogP contribution in [0.3, 0.4) is 0 Å². The summed E-state index contributed by atoms with van der Waals surface area (Å²) in [7, 11) is 0. The average molecular weight is 677 g/mol. The van der Waals surface area contributed by atoms with E-state index in [9.17, 15) is 0 Å². The molecule has 0 aliphatic carbocycles. The van der Waals surface area contributed by atoms with Gasteiger partial charge in [0.1, 0.15) is 11.2 Å². The minimum atomic E-state index is 0.713. The van der Waals surface area contributed by atoms with Crippen LogP contribution in [0.5, 0.6) is 0 Å². The van der Waals surface area contributed by atoms with Crippen LogP contribution in [0.1, 0.15) is 0 Å². The standard InChI is InChI=1S/C50H32N2O/c1-4-13-34(14-5-1)43-31-45-44-30-40(27-28-48(44)53-49(45)42-22-11-10-21-41(42)43)39-20-12-19-38(29-39)33-23-25-36(26-24-33)47-32-46(35-15-6-2-7-16-35)51-50(52-47)37-17-8-3-9-18-37/h1-32H. The third kappa shape index (κ3) is 5.65. The Kier molecular flexibility index (Phi) is 7.47. The molecule has 10 rings (SSSR count). The molecule has 10 aromatic rings. The van der Waals surface area contributed by atoms with Crippen LogP contribution in [0.25, 0.3) is 100.0 Å². The molecule has 3 heteroatoms. The van der Waals surface area contributed by atoms with E-state index >= 15 is 0 Å². The first-order valence-electron chi connectivity index (χ1n) is 17.9. The Balaban J connectivity index is 1.02. The molecule has 0 saturated carbocycles. The maximum absolute atomic E-state index is 6.54. The molecule has 0 unspecified atom stereocenters. The molecule has 248 valence electrons. The fourth-order valence-electron chi connectivity index (χ4n) is 7.41. The molecule has 3 nitrogen and oxygen atoms in total. The maximum atomic E-state index is 6.54. The zero-order valence-electron chi connectivity index (χ0n) is 28.8. The second-order valence-corrected chi connectivity index (χ2v) is 13.4. The molecule has 0 bridgehead atoms. The van der Waals surface area contributed by atoms with Crippen LogP contribution in [0.15, 0.2) is 199 Å². The molecule has 0 spiro atoms. The van der Waals surface area contributed by atoms with Gasteiger partial charge in [0.2, 0.25) is 0 Å². The fraction of sp³-hybridized carbons (Fsp3) is 0. The van der Waals surface area contributed by atoms with Gasteiger partial charge in [-0.05, 0) is 69.1 Å². The quantitative estimate of drug-likeness (QED) is 0.176. The molecule has 53 heavy (non-hydrogen) atoms. The number of benzene rings is 8. The van der Waals surface area contributed by atoms with Gasteiger partial charge < -0.3 is 4.42 Å². The van der Waals surface area contributed by atoms with E-state index in [4.69, 9.17) is 14.4 Å². The van der Waals surface area contributed by atoms with Crippen molar-refractivity contribution in [3.8, 4) is 67.3 Å². The van der Waals surface area contributed by atoms with Crippen LogP contribution in [0.2, 0.25) is 0 Å². The van der Waals surface area contributed by atoms with Crippen molar-refractivity contribution in [2.45, 2.75) is 0 Å². The van der Waals surface area contributed by atoms with E-state index in [-0.39, 0.29) is 0 Å². The monoisotopic (exact) mass is 676 g/mol. The van der Waals surface area contributed by atoms with Crippen molar-refractivity contribution in [2.24, 2.45) is 0 Å². The fourth-order valence-corrected chi connectivity index (χ4v) is 7.41. The second-order valence-electron chi connectivity index (χ2n) is 13.4. The Morgan fingerprint density at radius 2 is 0.811 bits per heavy atom. The predicted molar refractivity (Wildman–Crippen MR) is 219 cm³/mol. The smallest absolute Gasteiger partial charge is 0.160 e. The van der Waals surface area contributed by atoms with Crippen molar-refractivity contribution in [1.29, 1.82) is 0 Å². The third-order valence-electron chi connectivity index (χ3n) is 10.1. The van der Waals surface area contributed by atoms with Gasteiger partial charge in [-0.25, -0.2) is 9.97 Å². The molecule has 2 aromatic heterocycles. The van der Waals surface area contributed by atoms with Crippen molar-refractivity contribution < 1.29 is 4.42 Å². The number of hydrogen-bond acceptors (Lipinski definition) is 3. The summed E-state index contributed by atoms with van der Waals surface area (Å²) in [5.74, 6) is 0.713. The van der Waals surface area contributed by atoms with E-state index in [1.807, 2.05) is 36.4 Å². The van der Waals surface area contributed by atoms with Gasteiger partial charge >= 0.3 is 0 Å². The number of hydrogen-bond donors (Lipinski definition) is 0. The minimum absolute atomic E-state index is 0.713. The zero-order chi connectivity index (χ0) is 35.1. The molecule has 2 heterocycles. The molecule has 0 aliphatic rings. The van der Waals surface area contributed by atoms with Crippen LogP contribution in [-0.2, 0) is 0 Å². The summed E-state index contributed by atoms with van der Waals surface area (Å²) in [5, 5.41) is 4.56. The summed E-state index contributed by atoms with van der Waals surface area (Å²) >= 11 is 0. The van der Waals surface area contributed by atoms with Gasteiger partial charge in [-0.2, -0.15) is 0 Å². The molecule has 0 fully saturated rings. The van der Waals surface area contributed by atoms with Crippen LogP contribution in [0, 0.1) is 0 Å². The van der Waals surface area contributed by atoms with E-state index < -0.39 is 0 Å². The summed E-state index contributed by atoms with van der Waals surface area (Å²) in [6.45, 7) is 0. The molecule has 0 atom stereocenters. The largest absolute Gasteiger partial charge is 0.455 e. The van der Waals surface area contributed by atoms with Crippen LogP contribution in [-0.4, -0.2) is 9.97 Å². The number of rotatable bonds is 6. The molecular weight excluding hydrogens is 645 g/mol. The van der Waals surface area contributed by atoms with Crippen LogP contribution >= 0.6 is 0 Å². The van der Waals surface area contributed by atoms with Gasteiger partial charge in [0.25, 0.3) is 0 Å². The van der Waals surface area contributed by atoms with Crippen molar-refractivity contribution in [3.05, 3.63) is 194 Å². The van der Waals surface area contributed by atoms with Crippen LogP contribution < -0.4 is 0 Å². The normalized spacial score (nSPS) is 11.4. The predicted octanol–water partition coefficient (Wildman–Crippen LogP) is 13.5. The van der Waals surface area contributed by atoms with Crippen molar-refractivity contribution in [3.63, 3.8) is 0 Å². The molecule has 0 saturated heterocycles. The van der Waals surface area contributed by atoms with Crippen LogP contribution in [0.4, 0.5) is 0 Å². The summed E-state index contributed by atoms with van der Waals surface area (Å²) in [6, 6.07) is 68.0. The first kappa shape index (κ1) is 30.7. The highest BCUT2D eigenvalue weighted by molar-refractivity contribution is 6.19. The maximum Gasteiger partial charge on any atom is 0.160 e. The van der Waals surface area contributed by atoms with Crippen molar-refractivity contribution >= 4 is 32.7 Å². The Labute approximate surface area is 307 Å². The molecule has 0 N–H and O–H groups in total. The number of furan rings is 1. The first-order chi connectivity index (χ1) is 26.2. The summed E-state index contributed by atoms with van der Waals surface area (Å²) in [6.07, 6.45) is 0. The number of fused-ring (bicyclic) bond motifs is 5. The molecule has 0 radical (unpaired) electrons. The van der Waals surface area contributed by atoms with E-state index in [0.717, 1.165) is 77.7 Å². The molecule has 0 aliphatic heterocycles. The molecule has 8 aromatic carbocycles. The summed E-state index contributed by atoms with van der Waals surface area (Å²) < 4.78 is 6.54. The SMILES string of the molecule is c1ccc(-c2cc(-c3ccc(-c4cccc(-c5ccc6oc7c8ccccc8c(-c8ccccc8)cc7c6c5)c4)cc3)nc(-c3ccccc3)n2)cc1. The lowest BCUT2D eigenvalue weighted by atomic mass is 9.94. The lowest BCUT2D eigenvalue weighted by molar-refractivity contribution is 0.673.